The molecule has 0 unspecified atom stereocenters. The van der Waals surface area contributed by atoms with Crippen molar-refractivity contribution in [3.63, 3.8) is 0 Å². The fourth-order valence-electron chi connectivity index (χ4n) is 1.45. The Morgan fingerprint density at radius 2 is 1.58 bits per heavy atom. The molecule has 0 fully saturated rings. The molecule has 5 heteroatoms. The summed E-state index contributed by atoms with van der Waals surface area (Å²) < 4.78 is 27.3. The van der Waals surface area contributed by atoms with Gasteiger partial charge in [0.2, 0.25) is 0 Å². The van der Waals surface area contributed by atoms with E-state index in [1.807, 2.05) is 42.5 Å². The summed E-state index contributed by atoms with van der Waals surface area (Å²) in [7, 11) is -3.48. The summed E-state index contributed by atoms with van der Waals surface area (Å²) in [6.45, 7) is 0. The molecule has 1 N–H and O–H groups in total. The molecule has 0 atom stereocenters. The lowest BCUT2D eigenvalue weighted by molar-refractivity contribution is 0.609. The molecule has 0 heterocycles. The quantitative estimate of drug-likeness (QED) is 0.816. The van der Waals surface area contributed by atoms with Crippen LogP contribution in [0.2, 0.25) is 0 Å². The lowest BCUT2D eigenvalue weighted by Crippen LogP contribution is -2.08. The number of rotatable bonds is 4. The molecule has 0 aromatic heterocycles. The van der Waals surface area contributed by atoms with E-state index >= 15 is 0 Å². The Morgan fingerprint density at radius 1 is 0.947 bits per heavy atom. The van der Waals surface area contributed by atoms with Crippen molar-refractivity contribution in [2.45, 2.75) is 0 Å². The summed E-state index contributed by atoms with van der Waals surface area (Å²) in [6, 6.07) is 16.4. The molecule has 0 amide bonds. The normalized spacial score (nSPS) is 11.6. The molecule has 0 radical (unpaired) electrons. The molecule has 3 nitrogen and oxygen atoms in total. The summed E-state index contributed by atoms with van der Waals surface area (Å²) in [4.78, 5) is 0. The minimum atomic E-state index is -3.48. The number of hydrogen-bond acceptors (Lipinski definition) is 2. The van der Waals surface area contributed by atoms with Crippen LogP contribution in [-0.2, 0) is 10.0 Å². The average Bonchev–Trinajstić information content (AvgIpc) is 2.40. The lowest BCUT2D eigenvalue weighted by atomic mass is 10.2. The van der Waals surface area contributed by atoms with Crippen LogP contribution >= 0.6 is 22.6 Å². The van der Waals surface area contributed by atoms with Crippen LogP contribution < -0.4 is 4.72 Å². The second-order valence-corrected chi connectivity index (χ2v) is 6.68. The molecule has 0 saturated carbocycles. The van der Waals surface area contributed by atoms with Gasteiger partial charge in [-0.15, -0.1) is 0 Å². The van der Waals surface area contributed by atoms with Crippen molar-refractivity contribution in [1.82, 2.24) is 0 Å². The SMILES string of the molecule is O=S(=O)(/C=C/c1ccccc1)Nc1ccc(I)cc1. The zero-order chi connectivity index (χ0) is 13.7. The molecule has 0 aliphatic heterocycles. The van der Waals surface area contributed by atoms with E-state index in [0.717, 1.165) is 9.13 Å². The van der Waals surface area contributed by atoms with E-state index < -0.39 is 10.0 Å². The predicted molar refractivity (Wildman–Crippen MR) is 87.2 cm³/mol. The molecule has 0 bridgehead atoms. The topological polar surface area (TPSA) is 46.2 Å². The Balaban J connectivity index is 2.11. The van der Waals surface area contributed by atoms with Crippen LogP contribution in [0.4, 0.5) is 5.69 Å². The van der Waals surface area contributed by atoms with Gasteiger partial charge in [-0.3, -0.25) is 4.72 Å². The zero-order valence-electron chi connectivity index (χ0n) is 9.95. The molecule has 0 spiro atoms. The molecule has 98 valence electrons. The number of benzene rings is 2. The lowest BCUT2D eigenvalue weighted by Gasteiger charge is -2.04. The average molecular weight is 385 g/mol. The highest BCUT2D eigenvalue weighted by molar-refractivity contribution is 14.1. The van der Waals surface area contributed by atoms with E-state index in [4.69, 9.17) is 0 Å². The maximum Gasteiger partial charge on any atom is 0.255 e. The van der Waals surface area contributed by atoms with Crippen molar-refractivity contribution in [3.8, 4) is 0 Å². The van der Waals surface area contributed by atoms with Crippen LogP contribution in [0, 0.1) is 3.57 Å². The van der Waals surface area contributed by atoms with Crippen molar-refractivity contribution in [2.24, 2.45) is 0 Å². The van der Waals surface area contributed by atoms with Gasteiger partial charge < -0.3 is 0 Å². The van der Waals surface area contributed by atoms with Crippen LogP contribution in [0.5, 0.6) is 0 Å². The molecule has 0 aliphatic rings. The summed E-state index contributed by atoms with van der Waals surface area (Å²) in [5.74, 6) is 0. The second-order valence-electron chi connectivity index (χ2n) is 3.87. The third-order valence-corrected chi connectivity index (χ3v) is 4.08. The van der Waals surface area contributed by atoms with Crippen LogP contribution in [0.15, 0.2) is 60.0 Å². The van der Waals surface area contributed by atoms with Crippen LogP contribution in [0.25, 0.3) is 6.08 Å². The highest BCUT2D eigenvalue weighted by Gasteiger charge is 2.04. The Bertz CT molecular complexity index is 664. The number of anilines is 1. The van der Waals surface area contributed by atoms with Gasteiger partial charge in [0, 0.05) is 9.26 Å². The van der Waals surface area contributed by atoms with E-state index in [-0.39, 0.29) is 0 Å². The fourth-order valence-corrected chi connectivity index (χ4v) is 2.68. The Morgan fingerprint density at radius 3 is 2.21 bits per heavy atom. The van der Waals surface area contributed by atoms with E-state index in [2.05, 4.69) is 27.3 Å². The third-order valence-electron chi connectivity index (χ3n) is 2.34. The molecule has 0 saturated heterocycles. The maximum absolute atomic E-state index is 11.9. The number of nitrogens with one attached hydrogen (secondary N) is 1. The van der Waals surface area contributed by atoms with Crippen molar-refractivity contribution >= 4 is 44.4 Å². The largest absolute Gasteiger partial charge is 0.280 e. The highest BCUT2D eigenvalue weighted by Crippen LogP contribution is 2.13. The first-order valence-corrected chi connectivity index (χ1v) is 8.19. The molecule has 2 aromatic rings. The molecule has 2 rings (SSSR count). The van der Waals surface area contributed by atoms with Gasteiger partial charge in [0.05, 0.1) is 5.41 Å². The van der Waals surface area contributed by atoms with Gasteiger partial charge in [0.1, 0.15) is 0 Å². The van der Waals surface area contributed by atoms with Gasteiger partial charge in [0.15, 0.2) is 0 Å². The van der Waals surface area contributed by atoms with E-state index in [1.165, 1.54) is 5.41 Å². The maximum atomic E-state index is 11.9. The van der Waals surface area contributed by atoms with Crippen LogP contribution in [-0.4, -0.2) is 8.42 Å². The molecular weight excluding hydrogens is 373 g/mol. The van der Waals surface area contributed by atoms with E-state index in [9.17, 15) is 8.42 Å². The minimum absolute atomic E-state index is 0.554. The monoisotopic (exact) mass is 385 g/mol. The van der Waals surface area contributed by atoms with Crippen molar-refractivity contribution < 1.29 is 8.42 Å². The van der Waals surface area contributed by atoms with Gasteiger partial charge in [-0.1, -0.05) is 30.3 Å². The summed E-state index contributed by atoms with van der Waals surface area (Å²) in [5.41, 5.74) is 1.40. The molecule has 19 heavy (non-hydrogen) atoms. The van der Waals surface area contributed by atoms with E-state index in [0.29, 0.717) is 5.69 Å². The Labute approximate surface area is 126 Å². The summed E-state index contributed by atoms with van der Waals surface area (Å²) in [5, 5.41) is 1.17. The smallest absolute Gasteiger partial charge is 0.255 e. The third kappa shape index (κ3) is 4.68. The van der Waals surface area contributed by atoms with Gasteiger partial charge in [-0.2, -0.15) is 0 Å². The standard InChI is InChI=1S/C14H12INO2S/c15-13-6-8-14(9-7-13)16-19(17,18)11-10-12-4-2-1-3-5-12/h1-11,16H/b11-10+. The Kier molecular flexibility index (Phi) is 4.60. The van der Waals surface area contributed by atoms with Crippen LogP contribution in [0.3, 0.4) is 0 Å². The van der Waals surface area contributed by atoms with Gasteiger partial charge in [0.25, 0.3) is 10.0 Å². The first kappa shape index (κ1) is 14.1. The summed E-state index contributed by atoms with van der Waals surface area (Å²) in [6.07, 6.45) is 1.56. The van der Waals surface area contributed by atoms with Crippen LogP contribution in [0.1, 0.15) is 5.56 Å². The number of hydrogen-bond donors (Lipinski definition) is 1. The zero-order valence-corrected chi connectivity index (χ0v) is 12.9. The Hall–Kier alpha value is -1.34. The highest BCUT2D eigenvalue weighted by atomic mass is 127. The second kappa shape index (κ2) is 6.21. The molecule has 0 aliphatic carbocycles. The van der Waals surface area contributed by atoms with E-state index in [1.54, 1.807) is 18.2 Å². The first-order chi connectivity index (χ1) is 9.05. The fraction of sp³-hybridized carbons (Fsp3) is 0. The number of halogens is 1. The predicted octanol–water partition coefficient (Wildman–Crippen LogP) is 3.70. The van der Waals surface area contributed by atoms with Crippen molar-refractivity contribution in [1.29, 1.82) is 0 Å². The number of sulfonamides is 1. The summed E-state index contributed by atoms with van der Waals surface area (Å²) >= 11 is 2.17. The van der Waals surface area contributed by atoms with Crippen molar-refractivity contribution in [2.75, 3.05) is 4.72 Å². The molecular formula is C14H12INO2S. The molecule has 2 aromatic carbocycles. The minimum Gasteiger partial charge on any atom is -0.280 e. The first-order valence-electron chi connectivity index (χ1n) is 5.57. The van der Waals surface area contributed by atoms with Gasteiger partial charge in [-0.05, 0) is 58.5 Å². The van der Waals surface area contributed by atoms with Gasteiger partial charge >= 0.3 is 0 Å². The van der Waals surface area contributed by atoms with Crippen molar-refractivity contribution in [3.05, 3.63) is 69.1 Å². The van der Waals surface area contributed by atoms with Gasteiger partial charge in [-0.25, -0.2) is 8.42 Å².